The highest BCUT2D eigenvalue weighted by Crippen LogP contribution is 2.08. The molecule has 0 heterocycles. The number of amides is 1. The van der Waals surface area contributed by atoms with Crippen molar-refractivity contribution in [2.45, 2.75) is 20.4 Å². The number of hydrogen-bond donors (Lipinski definition) is 2. The van der Waals surface area contributed by atoms with Crippen LogP contribution in [-0.4, -0.2) is 49.1 Å². The lowest BCUT2D eigenvalue weighted by Gasteiger charge is -2.18. The van der Waals surface area contributed by atoms with Crippen LogP contribution >= 0.6 is 0 Å². The molecule has 8 heteroatoms. The zero-order chi connectivity index (χ0) is 16.8. The van der Waals surface area contributed by atoms with Crippen molar-refractivity contribution in [3.63, 3.8) is 0 Å². The number of sulfonamides is 1. The average Bonchev–Trinajstić information content (AvgIpc) is 2.50. The number of nitrogens with zero attached hydrogens (tertiary/aromatic N) is 1. The maximum atomic E-state index is 12.1. The van der Waals surface area contributed by atoms with Crippen LogP contribution < -0.4 is 4.72 Å². The lowest BCUT2D eigenvalue weighted by atomic mass is 10.1. The minimum atomic E-state index is -3.27. The van der Waals surface area contributed by atoms with Gasteiger partial charge in [0.15, 0.2) is 0 Å². The van der Waals surface area contributed by atoms with Gasteiger partial charge in [0, 0.05) is 18.7 Å². The second kappa shape index (κ2) is 7.90. The van der Waals surface area contributed by atoms with E-state index < -0.39 is 16.0 Å². The summed E-state index contributed by atoms with van der Waals surface area (Å²) in [7, 11) is -3.27. The third kappa shape index (κ3) is 5.45. The molecule has 0 spiro atoms. The Bertz CT molecular complexity index is 625. The Hall–Kier alpha value is -1.93. The summed E-state index contributed by atoms with van der Waals surface area (Å²) >= 11 is 0. The van der Waals surface area contributed by atoms with Gasteiger partial charge < -0.3 is 10.0 Å². The highest BCUT2D eigenvalue weighted by Gasteiger charge is 2.16. The molecule has 0 aliphatic carbocycles. The van der Waals surface area contributed by atoms with Gasteiger partial charge in [0.25, 0.3) is 5.91 Å². The summed E-state index contributed by atoms with van der Waals surface area (Å²) < 4.78 is 25.1. The van der Waals surface area contributed by atoms with E-state index in [0.717, 1.165) is 5.56 Å². The molecule has 0 bridgehead atoms. The molecule has 0 radical (unpaired) electrons. The second-order valence-electron chi connectivity index (χ2n) is 4.63. The molecule has 0 aliphatic rings. The van der Waals surface area contributed by atoms with E-state index >= 15 is 0 Å². The van der Waals surface area contributed by atoms with E-state index in [2.05, 4.69) is 4.72 Å². The Labute approximate surface area is 130 Å². The second-order valence-corrected chi connectivity index (χ2v) is 6.73. The first-order chi connectivity index (χ1) is 10.3. The summed E-state index contributed by atoms with van der Waals surface area (Å²) in [5.74, 6) is -1.43. The van der Waals surface area contributed by atoms with Crippen molar-refractivity contribution in [3.8, 4) is 0 Å². The quantitative estimate of drug-likeness (QED) is 0.730. The van der Waals surface area contributed by atoms with Gasteiger partial charge in [0.1, 0.15) is 6.54 Å². The SMILES string of the molecule is CCN(CC(=O)O)C(=O)c1ccc(CNS(=O)(=O)CC)cc1. The Balaban J connectivity index is 2.75. The van der Waals surface area contributed by atoms with Crippen molar-refractivity contribution in [1.29, 1.82) is 0 Å². The van der Waals surface area contributed by atoms with Crippen LogP contribution in [0, 0.1) is 0 Å². The molecule has 0 aliphatic heterocycles. The molecule has 0 fully saturated rings. The number of carboxylic acid groups (broad SMARTS) is 1. The topological polar surface area (TPSA) is 104 Å². The molecule has 122 valence electrons. The summed E-state index contributed by atoms with van der Waals surface area (Å²) in [4.78, 5) is 24.1. The Kier molecular flexibility index (Phi) is 6.51. The minimum Gasteiger partial charge on any atom is -0.480 e. The van der Waals surface area contributed by atoms with Gasteiger partial charge in [-0.05, 0) is 31.5 Å². The third-order valence-corrected chi connectivity index (χ3v) is 4.42. The van der Waals surface area contributed by atoms with Crippen LogP contribution in [0.15, 0.2) is 24.3 Å². The maximum absolute atomic E-state index is 12.1. The van der Waals surface area contributed by atoms with E-state index in [9.17, 15) is 18.0 Å². The predicted octanol–water partition coefficient (Wildman–Crippen LogP) is 0.673. The first-order valence-electron chi connectivity index (χ1n) is 6.86. The van der Waals surface area contributed by atoms with Crippen molar-refractivity contribution in [2.24, 2.45) is 0 Å². The van der Waals surface area contributed by atoms with Crippen LogP contribution in [0.5, 0.6) is 0 Å². The summed E-state index contributed by atoms with van der Waals surface area (Å²) in [5.41, 5.74) is 1.08. The standard InChI is InChI=1S/C14H20N2O5S/c1-3-16(10-13(17)18)14(19)12-7-5-11(6-8-12)9-15-22(20,21)4-2/h5-8,15H,3-4,9-10H2,1-2H3,(H,17,18). The van der Waals surface area contributed by atoms with Gasteiger partial charge in [-0.3, -0.25) is 9.59 Å². The zero-order valence-corrected chi connectivity index (χ0v) is 13.4. The van der Waals surface area contributed by atoms with Gasteiger partial charge >= 0.3 is 5.97 Å². The summed E-state index contributed by atoms with van der Waals surface area (Å²) in [6.07, 6.45) is 0. The molecule has 0 saturated carbocycles. The van der Waals surface area contributed by atoms with E-state index in [1.807, 2.05) is 0 Å². The van der Waals surface area contributed by atoms with E-state index in [1.54, 1.807) is 38.1 Å². The van der Waals surface area contributed by atoms with Gasteiger partial charge in [-0.1, -0.05) is 12.1 Å². The predicted molar refractivity (Wildman–Crippen MR) is 82.0 cm³/mol. The average molecular weight is 328 g/mol. The molecule has 7 nitrogen and oxygen atoms in total. The molecule has 1 aromatic rings. The Morgan fingerprint density at radius 2 is 1.77 bits per heavy atom. The normalized spacial score (nSPS) is 11.2. The highest BCUT2D eigenvalue weighted by molar-refractivity contribution is 7.89. The molecular formula is C14H20N2O5S. The van der Waals surface area contributed by atoms with Crippen LogP contribution in [0.25, 0.3) is 0 Å². The van der Waals surface area contributed by atoms with Crippen molar-refractivity contribution >= 4 is 21.9 Å². The zero-order valence-electron chi connectivity index (χ0n) is 12.6. The monoisotopic (exact) mass is 328 g/mol. The van der Waals surface area contributed by atoms with Crippen molar-refractivity contribution in [3.05, 3.63) is 35.4 Å². The van der Waals surface area contributed by atoms with Crippen molar-refractivity contribution < 1.29 is 23.1 Å². The fourth-order valence-corrected chi connectivity index (χ4v) is 2.32. The van der Waals surface area contributed by atoms with E-state index in [0.29, 0.717) is 12.1 Å². The number of carbonyl (C=O) groups excluding carboxylic acids is 1. The molecule has 1 rings (SSSR count). The first kappa shape index (κ1) is 18.1. The lowest BCUT2D eigenvalue weighted by molar-refractivity contribution is -0.137. The molecule has 1 aromatic carbocycles. The number of hydrogen-bond acceptors (Lipinski definition) is 4. The van der Waals surface area contributed by atoms with Gasteiger partial charge in [-0.15, -0.1) is 0 Å². The summed E-state index contributed by atoms with van der Waals surface area (Å²) in [6.45, 7) is 3.34. The van der Waals surface area contributed by atoms with Crippen molar-refractivity contribution in [2.75, 3.05) is 18.8 Å². The number of aliphatic carboxylic acids is 1. The van der Waals surface area contributed by atoms with Crippen molar-refractivity contribution in [1.82, 2.24) is 9.62 Å². The van der Waals surface area contributed by atoms with Crippen LogP contribution in [0.2, 0.25) is 0 Å². The number of carboxylic acids is 1. The van der Waals surface area contributed by atoms with Gasteiger partial charge in [-0.2, -0.15) is 0 Å². The third-order valence-electron chi connectivity index (χ3n) is 3.07. The van der Waals surface area contributed by atoms with Crippen LogP contribution in [-0.2, 0) is 21.4 Å². The molecule has 0 atom stereocenters. The maximum Gasteiger partial charge on any atom is 0.323 e. The number of nitrogens with one attached hydrogen (secondary N) is 1. The fraction of sp³-hybridized carbons (Fsp3) is 0.429. The first-order valence-corrected chi connectivity index (χ1v) is 8.51. The molecule has 22 heavy (non-hydrogen) atoms. The van der Waals surface area contributed by atoms with E-state index in [1.165, 1.54) is 4.90 Å². The number of benzene rings is 1. The van der Waals surface area contributed by atoms with Crippen LogP contribution in [0.4, 0.5) is 0 Å². The molecule has 1 amide bonds. The smallest absolute Gasteiger partial charge is 0.323 e. The Morgan fingerprint density at radius 3 is 2.23 bits per heavy atom. The Morgan fingerprint density at radius 1 is 1.18 bits per heavy atom. The van der Waals surface area contributed by atoms with Crippen LogP contribution in [0.3, 0.4) is 0 Å². The number of carbonyl (C=O) groups is 2. The van der Waals surface area contributed by atoms with Crippen LogP contribution in [0.1, 0.15) is 29.8 Å². The lowest BCUT2D eigenvalue weighted by Crippen LogP contribution is -2.35. The largest absolute Gasteiger partial charge is 0.480 e. The van der Waals surface area contributed by atoms with Gasteiger partial charge in [0.2, 0.25) is 10.0 Å². The summed E-state index contributed by atoms with van der Waals surface area (Å²) in [6, 6.07) is 6.39. The molecule has 0 saturated heterocycles. The van der Waals surface area contributed by atoms with E-state index in [4.69, 9.17) is 5.11 Å². The molecule has 0 unspecified atom stereocenters. The van der Waals surface area contributed by atoms with E-state index in [-0.39, 0.29) is 24.7 Å². The van der Waals surface area contributed by atoms with Gasteiger partial charge in [-0.25, -0.2) is 13.1 Å². The number of likely N-dealkylation sites (N-methyl/N-ethyl adjacent to an activating group) is 1. The van der Waals surface area contributed by atoms with Gasteiger partial charge in [0.05, 0.1) is 5.75 Å². The fourth-order valence-electron chi connectivity index (χ4n) is 1.73. The highest BCUT2D eigenvalue weighted by atomic mass is 32.2. The molecule has 0 aromatic heterocycles. The summed E-state index contributed by atoms with van der Waals surface area (Å²) in [5, 5.41) is 8.77. The molecule has 2 N–H and O–H groups in total. The molecular weight excluding hydrogens is 308 g/mol. The number of rotatable bonds is 8. The minimum absolute atomic E-state index is 0.00418.